The Balaban J connectivity index is 1.33. The lowest BCUT2D eigenvalue weighted by Crippen LogP contribution is -2.46. The summed E-state index contributed by atoms with van der Waals surface area (Å²) in [5, 5.41) is 5.03. The van der Waals surface area contributed by atoms with E-state index in [0.717, 1.165) is 54.3 Å². The summed E-state index contributed by atoms with van der Waals surface area (Å²) in [6.07, 6.45) is 1.85. The number of aromatic nitrogens is 1. The maximum atomic E-state index is 12.8. The van der Waals surface area contributed by atoms with Crippen molar-refractivity contribution in [3.05, 3.63) is 90.0 Å². The summed E-state index contributed by atoms with van der Waals surface area (Å²) in [4.78, 5) is 22.2. The highest BCUT2D eigenvalue weighted by Gasteiger charge is 2.20. The predicted octanol–water partition coefficient (Wildman–Crippen LogP) is 4.39. The van der Waals surface area contributed by atoms with Crippen molar-refractivity contribution in [2.24, 2.45) is 0 Å². The molecule has 3 heterocycles. The molecule has 1 amide bonds. The number of hydrogen-bond donors (Lipinski definition) is 1. The highest BCUT2D eigenvalue weighted by molar-refractivity contribution is 6.01. The number of pyridine rings is 1. The number of carbonyl (C=O) groups is 1. The van der Waals surface area contributed by atoms with Crippen LogP contribution in [0.3, 0.4) is 0 Å². The Morgan fingerprint density at radius 3 is 2.50 bits per heavy atom. The van der Waals surface area contributed by atoms with Crippen molar-refractivity contribution in [1.82, 2.24) is 10.3 Å². The number of piperazine rings is 1. The van der Waals surface area contributed by atoms with E-state index in [-0.39, 0.29) is 5.91 Å². The fraction of sp³-hybridized carbons (Fsp3) is 0.231. The zero-order valence-electron chi connectivity index (χ0n) is 18.1. The van der Waals surface area contributed by atoms with Gasteiger partial charge in [0.25, 0.3) is 5.91 Å². The van der Waals surface area contributed by atoms with Crippen molar-refractivity contribution >= 4 is 28.2 Å². The molecule has 1 N–H and O–H groups in total. The standard InChI is InChI=1S/C26H26N4O2/c1-19-7-10-23(32-19)18-28-26(31)21-9-8-20-11-12-27-25(24(20)17-21)30-15-13-29(14-16-30)22-5-3-2-4-6-22/h2-12,17H,13-16,18H2,1H3,(H,28,31). The second-order valence-corrected chi connectivity index (χ2v) is 8.08. The molecule has 4 aromatic rings. The monoisotopic (exact) mass is 426 g/mol. The van der Waals surface area contributed by atoms with Gasteiger partial charge >= 0.3 is 0 Å². The summed E-state index contributed by atoms with van der Waals surface area (Å²) < 4.78 is 5.54. The number of rotatable bonds is 5. The number of nitrogens with zero attached hydrogens (tertiary/aromatic N) is 3. The Kier molecular flexibility index (Phi) is 5.50. The topological polar surface area (TPSA) is 61.6 Å². The first-order valence-corrected chi connectivity index (χ1v) is 10.9. The van der Waals surface area contributed by atoms with E-state index >= 15 is 0 Å². The van der Waals surface area contributed by atoms with E-state index in [1.807, 2.05) is 55.6 Å². The van der Waals surface area contributed by atoms with Gasteiger partial charge in [0, 0.05) is 49.0 Å². The molecule has 5 rings (SSSR count). The molecule has 1 aliphatic rings. The summed E-state index contributed by atoms with van der Waals surface area (Å²) in [7, 11) is 0. The summed E-state index contributed by atoms with van der Waals surface area (Å²) >= 11 is 0. The molecule has 0 spiro atoms. The number of benzene rings is 2. The van der Waals surface area contributed by atoms with Crippen LogP contribution < -0.4 is 15.1 Å². The van der Waals surface area contributed by atoms with Crippen LogP contribution in [0.1, 0.15) is 21.9 Å². The van der Waals surface area contributed by atoms with Crippen LogP contribution in [-0.2, 0) is 6.54 Å². The smallest absolute Gasteiger partial charge is 0.251 e. The summed E-state index contributed by atoms with van der Waals surface area (Å²) in [5.74, 6) is 2.40. The maximum absolute atomic E-state index is 12.8. The Morgan fingerprint density at radius 1 is 0.969 bits per heavy atom. The van der Waals surface area contributed by atoms with Crippen molar-refractivity contribution in [3.63, 3.8) is 0 Å². The minimum atomic E-state index is -0.121. The molecule has 0 radical (unpaired) electrons. The van der Waals surface area contributed by atoms with Gasteiger partial charge in [0.2, 0.25) is 0 Å². The fourth-order valence-corrected chi connectivity index (χ4v) is 4.21. The molecule has 1 aliphatic heterocycles. The fourth-order valence-electron chi connectivity index (χ4n) is 4.21. The van der Waals surface area contributed by atoms with Crippen LogP contribution in [0, 0.1) is 6.92 Å². The van der Waals surface area contributed by atoms with Crippen molar-refractivity contribution in [3.8, 4) is 0 Å². The van der Waals surface area contributed by atoms with Crippen molar-refractivity contribution in [2.45, 2.75) is 13.5 Å². The van der Waals surface area contributed by atoms with Crippen LogP contribution in [0.5, 0.6) is 0 Å². The lowest BCUT2D eigenvalue weighted by Gasteiger charge is -2.37. The third kappa shape index (κ3) is 4.17. The van der Waals surface area contributed by atoms with Crippen molar-refractivity contribution in [2.75, 3.05) is 36.0 Å². The van der Waals surface area contributed by atoms with E-state index < -0.39 is 0 Å². The Morgan fingerprint density at radius 2 is 1.75 bits per heavy atom. The lowest BCUT2D eigenvalue weighted by atomic mass is 10.1. The van der Waals surface area contributed by atoms with Crippen molar-refractivity contribution < 1.29 is 9.21 Å². The van der Waals surface area contributed by atoms with Gasteiger partial charge in [-0.25, -0.2) is 4.98 Å². The van der Waals surface area contributed by atoms with Gasteiger partial charge in [0.1, 0.15) is 17.3 Å². The third-order valence-corrected chi connectivity index (χ3v) is 5.93. The molecular formula is C26H26N4O2. The molecule has 0 bridgehead atoms. The van der Waals surface area contributed by atoms with E-state index in [1.54, 1.807) is 0 Å². The largest absolute Gasteiger partial charge is 0.465 e. The van der Waals surface area contributed by atoms with E-state index in [2.05, 4.69) is 44.4 Å². The highest BCUT2D eigenvalue weighted by atomic mass is 16.3. The number of amides is 1. The summed E-state index contributed by atoms with van der Waals surface area (Å²) in [5.41, 5.74) is 1.88. The molecular weight excluding hydrogens is 400 g/mol. The second kappa shape index (κ2) is 8.75. The number of carbonyl (C=O) groups excluding carboxylic acids is 1. The molecule has 0 unspecified atom stereocenters. The van der Waals surface area contributed by atoms with Crippen LogP contribution in [-0.4, -0.2) is 37.1 Å². The predicted molar refractivity (Wildman–Crippen MR) is 127 cm³/mol. The molecule has 6 nitrogen and oxygen atoms in total. The molecule has 0 atom stereocenters. The maximum Gasteiger partial charge on any atom is 0.251 e. The van der Waals surface area contributed by atoms with Gasteiger partial charge in [-0.2, -0.15) is 0 Å². The first-order chi connectivity index (χ1) is 15.7. The number of anilines is 2. The molecule has 6 heteroatoms. The summed E-state index contributed by atoms with van der Waals surface area (Å²) in [6.45, 7) is 5.90. The normalized spacial score (nSPS) is 14.0. The average Bonchev–Trinajstić information content (AvgIpc) is 3.27. The Hall–Kier alpha value is -3.80. The van der Waals surface area contributed by atoms with Gasteiger partial charge in [0.15, 0.2) is 0 Å². The van der Waals surface area contributed by atoms with Crippen LogP contribution in [0.4, 0.5) is 11.5 Å². The van der Waals surface area contributed by atoms with Gasteiger partial charge in [-0.15, -0.1) is 0 Å². The van der Waals surface area contributed by atoms with Crippen LogP contribution in [0.2, 0.25) is 0 Å². The molecule has 0 aliphatic carbocycles. The zero-order valence-corrected chi connectivity index (χ0v) is 18.1. The number of furan rings is 1. The first-order valence-electron chi connectivity index (χ1n) is 10.9. The average molecular weight is 427 g/mol. The van der Waals surface area contributed by atoms with Gasteiger partial charge < -0.3 is 19.5 Å². The van der Waals surface area contributed by atoms with E-state index in [1.165, 1.54) is 5.69 Å². The number of hydrogen-bond acceptors (Lipinski definition) is 5. The second-order valence-electron chi connectivity index (χ2n) is 8.08. The minimum absolute atomic E-state index is 0.121. The molecule has 162 valence electrons. The van der Waals surface area contributed by atoms with Gasteiger partial charge in [-0.3, -0.25) is 4.79 Å². The first kappa shape index (κ1) is 20.1. The molecule has 1 saturated heterocycles. The Labute approximate surface area is 187 Å². The molecule has 2 aromatic heterocycles. The molecule has 0 saturated carbocycles. The number of para-hydroxylation sites is 1. The van der Waals surface area contributed by atoms with E-state index in [0.29, 0.717) is 12.1 Å². The SMILES string of the molecule is Cc1ccc(CNC(=O)c2ccc3ccnc(N4CCN(c5ccccc5)CC4)c3c2)o1. The van der Waals surface area contributed by atoms with Crippen molar-refractivity contribution in [1.29, 1.82) is 0 Å². The molecule has 32 heavy (non-hydrogen) atoms. The van der Waals surface area contributed by atoms with E-state index in [4.69, 9.17) is 4.42 Å². The molecule has 1 fully saturated rings. The van der Waals surface area contributed by atoms with E-state index in [9.17, 15) is 4.79 Å². The lowest BCUT2D eigenvalue weighted by molar-refractivity contribution is 0.0948. The van der Waals surface area contributed by atoms with Gasteiger partial charge in [0.05, 0.1) is 6.54 Å². The minimum Gasteiger partial charge on any atom is -0.465 e. The van der Waals surface area contributed by atoms with Crippen LogP contribution in [0.15, 0.2) is 77.3 Å². The van der Waals surface area contributed by atoms with Crippen LogP contribution in [0.25, 0.3) is 10.8 Å². The molecule has 2 aromatic carbocycles. The quantitative estimate of drug-likeness (QED) is 0.513. The Bertz CT molecular complexity index is 1230. The third-order valence-electron chi connectivity index (χ3n) is 5.93. The highest BCUT2D eigenvalue weighted by Crippen LogP contribution is 2.27. The summed E-state index contributed by atoms with van der Waals surface area (Å²) in [6, 6.07) is 22.1. The zero-order chi connectivity index (χ0) is 21.9. The number of fused-ring (bicyclic) bond motifs is 1. The van der Waals surface area contributed by atoms with Gasteiger partial charge in [-0.05, 0) is 54.8 Å². The van der Waals surface area contributed by atoms with Crippen LogP contribution >= 0.6 is 0 Å². The van der Waals surface area contributed by atoms with Gasteiger partial charge in [-0.1, -0.05) is 24.3 Å². The number of aryl methyl sites for hydroxylation is 1. The number of nitrogens with one attached hydrogen (secondary N) is 1.